The lowest BCUT2D eigenvalue weighted by molar-refractivity contribution is 0.535. The molecule has 0 aliphatic carbocycles. The van der Waals surface area contributed by atoms with Crippen LogP contribution in [0.2, 0.25) is 0 Å². The van der Waals surface area contributed by atoms with Gasteiger partial charge in [0.1, 0.15) is 0 Å². The SMILES string of the molecule is CCCCCCCCCNC(C)CSC. The third-order valence-corrected chi connectivity index (χ3v) is 3.52. The van der Waals surface area contributed by atoms with E-state index >= 15 is 0 Å². The van der Waals surface area contributed by atoms with Gasteiger partial charge in [-0.3, -0.25) is 0 Å². The summed E-state index contributed by atoms with van der Waals surface area (Å²) in [4.78, 5) is 0. The van der Waals surface area contributed by atoms with Gasteiger partial charge in [-0.1, -0.05) is 45.4 Å². The Balaban J connectivity index is 2.98. The Hall–Kier alpha value is 0.310. The molecular weight excluding hydrogens is 202 g/mol. The number of hydrogen-bond acceptors (Lipinski definition) is 2. The van der Waals surface area contributed by atoms with Crippen LogP contribution in [0.4, 0.5) is 0 Å². The van der Waals surface area contributed by atoms with Gasteiger partial charge in [0.25, 0.3) is 0 Å². The highest BCUT2D eigenvalue weighted by Gasteiger charge is 1.98. The van der Waals surface area contributed by atoms with E-state index in [-0.39, 0.29) is 0 Å². The smallest absolute Gasteiger partial charge is 0.0129 e. The molecule has 0 heterocycles. The van der Waals surface area contributed by atoms with Gasteiger partial charge in [0, 0.05) is 11.8 Å². The van der Waals surface area contributed by atoms with Gasteiger partial charge in [-0.25, -0.2) is 0 Å². The van der Waals surface area contributed by atoms with Gasteiger partial charge in [0.15, 0.2) is 0 Å². The normalized spacial score (nSPS) is 13.0. The van der Waals surface area contributed by atoms with Crippen molar-refractivity contribution in [2.45, 2.75) is 64.8 Å². The summed E-state index contributed by atoms with van der Waals surface area (Å²) >= 11 is 1.92. The number of thioether (sulfide) groups is 1. The maximum atomic E-state index is 3.56. The second kappa shape index (κ2) is 12.4. The third-order valence-electron chi connectivity index (χ3n) is 2.69. The maximum absolute atomic E-state index is 3.56. The van der Waals surface area contributed by atoms with Crippen LogP contribution in [0, 0.1) is 0 Å². The molecule has 1 unspecified atom stereocenters. The minimum Gasteiger partial charge on any atom is -0.313 e. The summed E-state index contributed by atoms with van der Waals surface area (Å²) in [6.07, 6.45) is 12.0. The first-order chi connectivity index (χ1) is 7.31. The summed E-state index contributed by atoms with van der Waals surface area (Å²) in [5.41, 5.74) is 0. The van der Waals surface area contributed by atoms with Crippen LogP contribution in [-0.2, 0) is 0 Å². The Morgan fingerprint density at radius 3 is 2.20 bits per heavy atom. The Bertz CT molecular complexity index is 117. The van der Waals surface area contributed by atoms with E-state index in [1.165, 1.54) is 57.2 Å². The topological polar surface area (TPSA) is 12.0 Å². The molecule has 0 bridgehead atoms. The first kappa shape index (κ1) is 15.3. The molecule has 2 heteroatoms. The van der Waals surface area contributed by atoms with Crippen LogP contribution in [-0.4, -0.2) is 24.6 Å². The number of nitrogens with one attached hydrogen (secondary N) is 1. The zero-order valence-electron chi connectivity index (χ0n) is 10.8. The van der Waals surface area contributed by atoms with E-state index in [1.807, 2.05) is 11.8 Å². The first-order valence-electron chi connectivity index (χ1n) is 6.53. The minimum absolute atomic E-state index is 0.681. The van der Waals surface area contributed by atoms with Crippen LogP contribution in [0.25, 0.3) is 0 Å². The fourth-order valence-corrected chi connectivity index (χ4v) is 2.36. The van der Waals surface area contributed by atoms with E-state index in [1.54, 1.807) is 0 Å². The lowest BCUT2D eigenvalue weighted by atomic mass is 10.1. The first-order valence-corrected chi connectivity index (χ1v) is 7.93. The van der Waals surface area contributed by atoms with Gasteiger partial charge < -0.3 is 5.32 Å². The largest absolute Gasteiger partial charge is 0.313 e. The Morgan fingerprint density at radius 2 is 1.60 bits per heavy atom. The van der Waals surface area contributed by atoms with Crippen molar-refractivity contribution in [2.75, 3.05) is 18.6 Å². The zero-order valence-corrected chi connectivity index (χ0v) is 11.7. The standard InChI is InChI=1S/C13H29NS/c1-4-5-6-7-8-9-10-11-14-13(2)12-15-3/h13-14H,4-12H2,1-3H3. The second-order valence-corrected chi connectivity index (χ2v) is 5.34. The highest BCUT2D eigenvalue weighted by Crippen LogP contribution is 2.06. The molecule has 0 aromatic rings. The van der Waals surface area contributed by atoms with Gasteiger partial charge in [0.2, 0.25) is 0 Å². The van der Waals surface area contributed by atoms with E-state index in [0.717, 1.165) is 0 Å². The van der Waals surface area contributed by atoms with Gasteiger partial charge in [-0.15, -0.1) is 0 Å². The maximum Gasteiger partial charge on any atom is 0.0129 e. The van der Waals surface area contributed by atoms with Crippen molar-refractivity contribution in [3.8, 4) is 0 Å². The molecule has 0 saturated carbocycles. The van der Waals surface area contributed by atoms with E-state index in [9.17, 15) is 0 Å². The highest BCUT2D eigenvalue weighted by atomic mass is 32.2. The van der Waals surface area contributed by atoms with Crippen molar-refractivity contribution in [1.29, 1.82) is 0 Å². The fraction of sp³-hybridized carbons (Fsp3) is 1.00. The van der Waals surface area contributed by atoms with E-state index in [0.29, 0.717) is 6.04 Å². The van der Waals surface area contributed by atoms with E-state index < -0.39 is 0 Å². The molecule has 0 saturated heterocycles. The minimum atomic E-state index is 0.681. The molecule has 0 fully saturated rings. The zero-order chi connectivity index (χ0) is 11.4. The average Bonchev–Trinajstić information content (AvgIpc) is 2.22. The van der Waals surface area contributed by atoms with Crippen molar-refractivity contribution < 1.29 is 0 Å². The second-order valence-electron chi connectivity index (χ2n) is 4.43. The van der Waals surface area contributed by atoms with Crippen LogP contribution in [0.1, 0.15) is 58.8 Å². The number of rotatable bonds is 11. The van der Waals surface area contributed by atoms with Crippen LogP contribution in [0.15, 0.2) is 0 Å². The van der Waals surface area contributed by atoms with Crippen molar-refractivity contribution >= 4 is 11.8 Å². The molecule has 0 rings (SSSR count). The molecule has 1 nitrogen and oxygen atoms in total. The van der Waals surface area contributed by atoms with Crippen molar-refractivity contribution in [2.24, 2.45) is 0 Å². The fourth-order valence-electron chi connectivity index (χ4n) is 1.74. The molecule has 0 aliphatic heterocycles. The quantitative estimate of drug-likeness (QED) is 0.538. The van der Waals surface area contributed by atoms with Crippen LogP contribution < -0.4 is 5.32 Å². The Labute approximate surface area is 101 Å². The average molecular weight is 231 g/mol. The molecule has 0 spiro atoms. The van der Waals surface area contributed by atoms with Crippen LogP contribution in [0.3, 0.4) is 0 Å². The lowest BCUT2D eigenvalue weighted by Crippen LogP contribution is -2.28. The summed E-state index contributed by atoms with van der Waals surface area (Å²) in [6.45, 7) is 5.75. The van der Waals surface area contributed by atoms with Gasteiger partial charge in [-0.05, 0) is 26.1 Å². The molecule has 1 atom stereocenters. The van der Waals surface area contributed by atoms with Gasteiger partial charge in [-0.2, -0.15) is 11.8 Å². The lowest BCUT2D eigenvalue weighted by Gasteiger charge is -2.11. The Kier molecular flexibility index (Phi) is 12.6. The molecular formula is C13H29NS. The molecule has 1 N–H and O–H groups in total. The van der Waals surface area contributed by atoms with Crippen LogP contribution >= 0.6 is 11.8 Å². The number of hydrogen-bond donors (Lipinski definition) is 1. The van der Waals surface area contributed by atoms with Crippen molar-refractivity contribution in [1.82, 2.24) is 5.32 Å². The predicted molar refractivity (Wildman–Crippen MR) is 73.8 cm³/mol. The molecule has 0 aromatic heterocycles. The summed E-state index contributed by atoms with van der Waals surface area (Å²) < 4.78 is 0. The van der Waals surface area contributed by atoms with Crippen LogP contribution in [0.5, 0.6) is 0 Å². The van der Waals surface area contributed by atoms with Gasteiger partial charge in [0.05, 0.1) is 0 Å². The summed E-state index contributed by atoms with van der Waals surface area (Å²) in [5, 5.41) is 3.56. The Morgan fingerprint density at radius 1 is 1.00 bits per heavy atom. The summed E-state index contributed by atoms with van der Waals surface area (Å²) in [5.74, 6) is 1.23. The summed E-state index contributed by atoms with van der Waals surface area (Å²) in [7, 11) is 0. The van der Waals surface area contributed by atoms with Crippen molar-refractivity contribution in [3.63, 3.8) is 0 Å². The molecule has 0 aliphatic rings. The van der Waals surface area contributed by atoms with Crippen molar-refractivity contribution in [3.05, 3.63) is 0 Å². The highest BCUT2D eigenvalue weighted by molar-refractivity contribution is 7.98. The van der Waals surface area contributed by atoms with E-state index in [2.05, 4.69) is 25.4 Å². The summed E-state index contributed by atoms with van der Waals surface area (Å²) in [6, 6.07) is 0.681. The molecule has 0 amide bonds. The predicted octanol–water partition coefficient (Wildman–Crippen LogP) is 4.08. The number of unbranched alkanes of at least 4 members (excludes halogenated alkanes) is 6. The van der Waals surface area contributed by atoms with Gasteiger partial charge >= 0.3 is 0 Å². The monoisotopic (exact) mass is 231 g/mol. The van der Waals surface area contributed by atoms with E-state index in [4.69, 9.17) is 0 Å². The third kappa shape index (κ3) is 12.2. The molecule has 92 valence electrons. The molecule has 0 aromatic carbocycles. The molecule has 15 heavy (non-hydrogen) atoms. The molecule has 0 radical (unpaired) electrons.